The Morgan fingerprint density at radius 2 is 1.94 bits per heavy atom. The Morgan fingerprint density at radius 1 is 1.38 bits per heavy atom. The summed E-state index contributed by atoms with van der Waals surface area (Å²) in [4.78, 5) is 24.8. The molecule has 1 aromatic rings. The number of esters is 1. The molecule has 0 bridgehead atoms. The summed E-state index contributed by atoms with van der Waals surface area (Å²) >= 11 is 0.132. The summed E-state index contributed by atoms with van der Waals surface area (Å²) in [6.07, 6.45) is -4.68. The van der Waals surface area contributed by atoms with Crippen molar-refractivity contribution in [2.24, 2.45) is 0 Å². The molecule has 88 valence electrons. The van der Waals surface area contributed by atoms with Gasteiger partial charge in [0.1, 0.15) is 4.88 Å². The number of Topliss-reactive ketones (excluding diaryl/α,β-unsaturated/α-hetero) is 1. The second-order valence-electron chi connectivity index (χ2n) is 2.74. The van der Waals surface area contributed by atoms with Crippen LogP contribution in [0.5, 0.6) is 0 Å². The van der Waals surface area contributed by atoms with Crippen LogP contribution in [-0.2, 0) is 10.9 Å². The fraction of sp³-hybridized carbons (Fsp3) is 0.375. The van der Waals surface area contributed by atoms with Crippen molar-refractivity contribution < 1.29 is 27.5 Å². The van der Waals surface area contributed by atoms with E-state index in [4.69, 9.17) is 0 Å². The molecule has 1 heterocycles. The Labute approximate surface area is 92.0 Å². The van der Waals surface area contributed by atoms with E-state index in [1.165, 1.54) is 0 Å². The lowest BCUT2D eigenvalue weighted by Crippen LogP contribution is -2.09. The topological polar surface area (TPSA) is 56.3 Å². The molecule has 0 aliphatic heterocycles. The molecular weight excluding hydrogens is 247 g/mol. The largest absolute Gasteiger partial charge is 0.464 e. The summed E-state index contributed by atoms with van der Waals surface area (Å²) in [5.41, 5.74) is -0.590. The van der Waals surface area contributed by atoms with Gasteiger partial charge >= 0.3 is 12.1 Å². The third-order valence-corrected chi connectivity index (χ3v) is 2.77. The molecule has 1 aromatic heterocycles. The van der Waals surface area contributed by atoms with Gasteiger partial charge in [0, 0.05) is 6.92 Å². The number of thiazole rings is 1. The maximum absolute atomic E-state index is 12.3. The van der Waals surface area contributed by atoms with Crippen molar-refractivity contribution in [3.63, 3.8) is 0 Å². The Bertz CT molecular complexity index is 438. The second-order valence-corrected chi connectivity index (χ2v) is 3.74. The molecule has 0 unspecified atom stereocenters. The van der Waals surface area contributed by atoms with Crippen LogP contribution in [0.25, 0.3) is 0 Å². The highest BCUT2D eigenvalue weighted by Crippen LogP contribution is 2.34. The van der Waals surface area contributed by atoms with Crippen LogP contribution in [0.2, 0.25) is 0 Å². The number of carbonyl (C=O) groups is 2. The molecule has 8 heteroatoms. The summed E-state index contributed by atoms with van der Waals surface area (Å²) in [5.74, 6) is -1.72. The summed E-state index contributed by atoms with van der Waals surface area (Å²) in [6, 6.07) is 0. The molecule has 0 spiro atoms. The van der Waals surface area contributed by atoms with Gasteiger partial charge < -0.3 is 4.74 Å². The minimum absolute atomic E-state index is 0.132. The molecule has 0 amide bonds. The maximum atomic E-state index is 12.3. The molecule has 0 aliphatic rings. The molecule has 0 aromatic carbocycles. The average molecular weight is 253 g/mol. The lowest BCUT2D eigenvalue weighted by molar-refractivity contribution is -0.137. The van der Waals surface area contributed by atoms with E-state index in [1.807, 2.05) is 0 Å². The van der Waals surface area contributed by atoms with E-state index < -0.39 is 28.6 Å². The van der Waals surface area contributed by atoms with Crippen molar-refractivity contribution in [1.82, 2.24) is 4.98 Å². The van der Waals surface area contributed by atoms with Gasteiger partial charge in [-0.25, -0.2) is 9.78 Å². The van der Waals surface area contributed by atoms with Crippen LogP contribution >= 0.6 is 11.3 Å². The molecule has 4 nitrogen and oxygen atoms in total. The lowest BCUT2D eigenvalue weighted by atomic mass is 10.3. The minimum atomic E-state index is -4.68. The van der Waals surface area contributed by atoms with Crippen molar-refractivity contribution in [2.45, 2.75) is 13.1 Å². The van der Waals surface area contributed by atoms with Gasteiger partial charge in [0.25, 0.3) is 0 Å². The molecule has 0 saturated carbocycles. The summed E-state index contributed by atoms with van der Waals surface area (Å²) in [6.45, 7) is 1.06. The number of aromatic nitrogens is 1. The third-order valence-electron chi connectivity index (χ3n) is 1.57. The molecular formula is C8H6F3NO3S. The zero-order valence-electron chi connectivity index (χ0n) is 8.21. The van der Waals surface area contributed by atoms with E-state index in [1.54, 1.807) is 0 Å². The van der Waals surface area contributed by atoms with E-state index in [9.17, 15) is 22.8 Å². The first kappa shape index (κ1) is 12.6. The highest BCUT2D eigenvalue weighted by Gasteiger charge is 2.38. The number of hydrogen-bond acceptors (Lipinski definition) is 5. The van der Waals surface area contributed by atoms with E-state index in [0.29, 0.717) is 0 Å². The van der Waals surface area contributed by atoms with Gasteiger partial charge in [-0.1, -0.05) is 0 Å². The van der Waals surface area contributed by atoms with Gasteiger partial charge in [-0.05, 0) is 0 Å². The Hall–Kier alpha value is -1.44. The number of halogens is 3. The molecule has 1 rings (SSSR count). The van der Waals surface area contributed by atoms with Crippen molar-refractivity contribution in [3.05, 3.63) is 15.6 Å². The van der Waals surface area contributed by atoms with Crippen molar-refractivity contribution in [1.29, 1.82) is 0 Å². The molecule has 16 heavy (non-hydrogen) atoms. The SMILES string of the molecule is COC(=O)c1nc(C(F)(F)F)sc1C(C)=O. The first-order valence-corrected chi connectivity index (χ1v) is 4.76. The van der Waals surface area contributed by atoms with Gasteiger partial charge in [0.05, 0.1) is 7.11 Å². The van der Waals surface area contributed by atoms with Crippen molar-refractivity contribution >= 4 is 23.1 Å². The minimum Gasteiger partial charge on any atom is -0.464 e. The quantitative estimate of drug-likeness (QED) is 0.598. The van der Waals surface area contributed by atoms with Crippen LogP contribution in [0.4, 0.5) is 13.2 Å². The molecule has 0 fully saturated rings. The standard InChI is InChI=1S/C8H6F3NO3S/c1-3(13)5-4(6(14)15-2)12-7(16-5)8(9,10)11/h1-2H3. The van der Waals surface area contributed by atoms with Crippen LogP contribution in [0, 0.1) is 0 Å². The maximum Gasteiger partial charge on any atom is 0.443 e. The van der Waals surface area contributed by atoms with Crippen LogP contribution in [0.15, 0.2) is 0 Å². The number of rotatable bonds is 2. The van der Waals surface area contributed by atoms with Gasteiger partial charge in [0.2, 0.25) is 0 Å². The van der Waals surface area contributed by atoms with Crippen LogP contribution in [0.3, 0.4) is 0 Å². The first-order valence-electron chi connectivity index (χ1n) is 3.94. The molecule has 0 aliphatic carbocycles. The second kappa shape index (κ2) is 4.20. The smallest absolute Gasteiger partial charge is 0.443 e. The fourth-order valence-corrected chi connectivity index (χ4v) is 1.73. The fourth-order valence-electron chi connectivity index (χ4n) is 0.915. The molecule has 0 saturated heterocycles. The average Bonchev–Trinajstić information content (AvgIpc) is 2.60. The Morgan fingerprint density at radius 3 is 2.31 bits per heavy atom. The van der Waals surface area contributed by atoms with E-state index in [2.05, 4.69) is 9.72 Å². The highest BCUT2D eigenvalue weighted by atomic mass is 32.1. The number of ketones is 1. The number of nitrogens with zero attached hydrogens (tertiary/aromatic N) is 1. The van der Waals surface area contributed by atoms with Crippen LogP contribution < -0.4 is 0 Å². The molecule has 0 atom stereocenters. The lowest BCUT2D eigenvalue weighted by Gasteiger charge is -1.98. The zero-order valence-corrected chi connectivity index (χ0v) is 9.03. The Kier molecular flexibility index (Phi) is 3.32. The van der Waals surface area contributed by atoms with E-state index in [-0.39, 0.29) is 16.2 Å². The molecule has 0 radical (unpaired) electrons. The first-order chi connectivity index (χ1) is 7.27. The van der Waals surface area contributed by atoms with E-state index >= 15 is 0 Å². The number of ether oxygens (including phenoxy) is 1. The molecule has 0 N–H and O–H groups in total. The van der Waals surface area contributed by atoms with Gasteiger partial charge in [0.15, 0.2) is 16.5 Å². The normalized spacial score (nSPS) is 11.3. The van der Waals surface area contributed by atoms with Gasteiger partial charge in [-0.15, -0.1) is 11.3 Å². The van der Waals surface area contributed by atoms with Crippen LogP contribution in [0.1, 0.15) is 32.1 Å². The van der Waals surface area contributed by atoms with Gasteiger partial charge in [-0.3, -0.25) is 4.79 Å². The Balaban J connectivity index is 3.32. The van der Waals surface area contributed by atoms with Gasteiger partial charge in [-0.2, -0.15) is 13.2 Å². The zero-order chi connectivity index (χ0) is 12.5. The monoisotopic (exact) mass is 253 g/mol. The predicted octanol–water partition coefficient (Wildman–Crippen LogP) is 2.15. The van der Waals surface area contributed by atoms with E-state index in [0.717, 1.165) is 14.0 Å². The number of hydrogen-bond donors (Lipinski definition) is 0. The summed E-state index contributed by atoms with van der Waals surface area (Å²) < 4.78 is 41.1. The summed E-state index contributed by atoms with van der Waals surface area (Å²) in [5, 5.41) is -1.24. The van der Waals surface area contributed by atoms with Crippen molar-refractivity contribution in [2.75, 3.05) is 7.11 Å². The predicted molar refractivity (Wildman–Crippen MR) is 48.5 cm³/mol. The highest BCUT2D eigenvalue weighted by molar-refractivity contribution is 7.14. The van der Waals surface area contributed by atoms with Crippen LogP contribution in [-0.4, -0.2) is 23.8 Å². The summed E-state index contributed by atoms with van der Waals surface area (Å²) in [7, 11) is 0.999. The van der Waals surface area contributed by atoms with Crippen molar-refractivity contribution in [3.8, 4) is 0 Å². The number of carbonyl (C=O) groups excluding carboxylic acids is 2. The number of alkyl halides is 3. The number of methoxy groups -OCH3 is 1. The third kappa shape index (κ3) is 2.38.